The van der Waals surface area contributed by atoms with Crippen LogP contribution in [0.15, 0.2) is 42.5 Å². The summed E-state index contributed by atoms with van der Waals surface area (Å²) in [6.07, 6.45) is -3.83. The maximum atomic E-state index is 12.8. The molecule has 2 aromatic rings. The standard InChI is InChI=1S/C22H20F3NO4/c1-13(2)8-9-26-19(27)17-7-6-15(11-18(17)20(26)28)21(29)30-12-14-4-3-5-16(10-14)22(23,24)25/h3-7,10-11,13H,8-9,12H2,1-2H3. The van der Waals surface area contributed by atoms with Crippen LogP contribution >= 0.6 is 0 Å². The Bertz CT molecular complexity index is 998. The smallest absolute Gasteiger partial charge is 0.416 e. The monoisotopic (exact) mass is 419 g/mol. The first-order valence-corrected chi connectivity index (χ1v) is 9.41. The molecule has 1 aliphatic heterocycles. The zero-order chi connectivity index (χ0) is 22.1. The second-order valence-electron chi connectivity index (χ2n) is 7.48. The molecule has 2 aromatic carbocycles. The lowest BCUT2D eigenvalue weighted by atomic mass is 10.1. The molecule has 8 heteroatoms. The summed E-state index contributed by atoms with van der Waals surface area (Å²) < 4.78 is 43.5. The van der Waals surface area contributed by atoms with Crippen molar-refractivity contribution in [2.24, 2.45) is 5.92 Å². The zero-order valence-corrected chi connectivity index (χ0v) is 16.5. The van der Waals surface area contributed by atoms with Crippen molar-refractivity contribution < 1.29 is 32.3 Å². The summed E-state index contributed by atoms with van der Waals surface area (Å²) in [6.45, 7) is 3.90. The molecule has 30 heavy (non-hydrogen) atoms. The molecule has 158 valence electrons. The largest absolute Gasteiger partial charge is 0.457 e. The van der Waals surface area contributed by atoms with Gasteiger partial charge in [-0.3, -0.25) is 14.5 Å². The van der Waals surface area contributed by atoms with E-state index in [-0.39, 0.29) is 28.9 Å². The molecule has 3 rings (SSSR count). The van der Waals surface area contributed by atoms with E-state index in [0.29, 0.717) is 18.9 Å². The number of benzene rings is 2. The van der Waals surface area contributed by atoms with Crippen LogP contribution in [0.25, 0.3) is 0 Å². The van der Waals surface area contributed by atoms with Gasteiger partial charge in [0, 0.05) is 6.54 Å². The van der Waals surface area contributed by atoms with Crippen molar-refractivity contribution in [1.29, 1.82) is 0 Å². The van der Waals surface area contributed by atoms with Crippen molar-refractivity contribution in [2.45, 2.75) is 33.1 Å². The molecular formula is C22H20F3NO4. The summed E-state index contributed by atoms with van der Waals surface area (Å²) in [7, 11) is 0. The molecule has 0 fully saturated rings. The fraction of sp³-hybridized carbons (Fsp3) is 0.318. The minimum Gasteiger partial charge on any atom is -0.457 e. The van der Waals surface area contributed by atoms with Gasteiger partial charge in [-0.1, -0.05) is 26.0 Å². The quantitative estimate of drug-likeness (QED) is 0.503. The van der Waals surface area contributed by atoms with Gasteiger partial charge in [0.15, 0.2) is 0 Å². The molecule has 0 saturated heterocycles. The van der Waals surface area contributed by atoms with Crippen molar-refractivity contribution in [3.05, 3.63) is 70.3 Å². The van der Waals surface area contributed by atoms with Crippen molar-refractivity contribution in [3.8, 4) is 0 Å². The van der Waals surface area contributed by atoms with E-state index < -0.39 is 29.5 Å². The van der Waals surface area contributed by atoms with Crippen LogP contribution in [0.1, 0.15) is 62.5 Å². The highest BCUT2D eigenvalue weighted by molar-refractivity contribution is 6.21. The average molecular weight is 419 g/mol. The predicted molar refractivity (Wildman–Crippen MR) is 102 cm³/mol. The molecule has 0 radical (unpaired) electrons. The van der Waals surface area contributed by atoms with Gasteiger partial charge in [0.25, 0.3) is 11.8 Å². The number of alkyl halides is 3. The molecular weight excluding hydrogens is 399 g/mol. The van der Waals surface area contributed by atoms with E-state index in [1.165, 1.54) is 30.3 Å². The number of fused-ring (bicyclic) bond motifs is 1. The van der Waals surface area contributed by atoms with Gasteiger partial charge in [0.1, 0.15) is 6.61 Å². The Balaban J connectivity index is 1.71. The van der Waals surface area contributed by atoms with Crippen molar-refractivity contribution >= 4 is 17.8 Å². The highest BCUT2D eigenvalue weighted by atomic mass is 19.4. The van der Waals surface area contributed by atoms with Gasteiger partial charge in [-0.05, 0) is 48.2 Å². The Hall–Kier alpha value is -3.16. The third-order valence-corrected chi connectivity index (χ3v) is 4.76. The van der Waals surface area contributed by atoms with Gasteiger partial charge in [-0.2, -0.15) is 13.2 Å². The molecule has 2 amide bonds. The first-order valence-electron chi connectivity index (χ1n) is 9.41. The molecule has 0 unspecified atom stereocenters. The topological polar surface area (TPSA) is 63.7 Å². The first-order chi connectivity index (χ1) is 14.1. The summed E-state index contributed by atoms with van der Waals surface area (Å²) in [4.78, 5) is 38.5. The lowest BCUT2D eigenvalue weighted by Gasteiger charge is -2.14. The summed E-state index contributed by atoms with van der Waals surface area (Å²) in [5, 5.41) is 0. The number of carbonyl (C=O) groups is 3. The minimum absolute atomic E-state index is 0.0487. The fourth-order valence-corrected chi connectivity index (χ4v) is 3.08. The molecule has 0 aromatic heterocycles. The Morgan fingerprint density at radius 2 is 1.73 bits per heavy atom. The van der Waals surface area contributed by atoms with Gasteiger partial charge in [0.05, 0.1) is 22.3 Å². The van der Waals surface area contributed by atoms with Crippen molar-refractivity contribution in [1.82, 2.24) is 4.90 Å². The third kappa shape index (κ3) is 4.53. The fourth-order valence-electron chi connectivity index (χ4n) is 3.08. The number of ether oxygens (including phenoxy) is 1. The maximum absolute atomic E-state index is 12.8. The molecule has 0 aliphatic carbocycles. The molecule has 0 spiro atoms. The summed E-state index contributed by atoms with van der Waals surface area (Å²) in [6, 6.07) is 8.54. The first kappa shape index (κ1) is 21.5. The molecule has 5 nitrogen and oxygen atoms in total. The second kappa shape index (κ2) is 8.30. The Labute approximate surface area is 171 Å². The number of hydrogen-bond donors (Lipinski definition) is 0. The normalized spacial score (nSPS) is 13.7. The highest BCUT2D eigenvalue weighted by Gasteiger charge is 2.36. The summed E-state index contributed by atoms with van der Waals surface area (Å²) >= 11 is 0. The van der Waals surface area contributed by atoms with Crippen LogP contribution < -0.4 is 0 Å². The zero-order valence-electron chi connectivity index (χ0n) is 16.5. The van der Waals surface area contributed by atoms with E-state index in [1.807, 2.05) is 13.8 Å². The second-order valence-corrected chi connectivity index (χ2v) is 7.48. The summed E-state index contributed by atoms with van der Waals surface area (Å²) in [5.41, 5.74) is -0.257. The van der Waals surface area contributed by atoms with Crippen LogP contribution in [0, 0.1) is 5.92 Å². The SMILES string of the molecule is CC(C)CCN1C(=O)c2ccc(C(=O)OCc3cccc(C(F)(F)F)c3)cc2C1=O. The van der Waals surface area contributed by atoms with Crippen molar-refractivity contribution in [2.75, 3.05) is 6.54 Å². The molecule has 1 aliphatic rings. The number of hydrogen-bond acceptors (Lipinski definition) is 4. The minimum atomic E-state index is -4.49. The number of nitrogens with zero attached hydrogens (tertiary/aromatic N) is 1. The van der Waals surface area contributed by atoms with Crippen LogP contribution in [0.3, 0.4) is 0 Å². The molecule has 0 bridgehead atoms. The Morgan fingerprint density at radius 3 is 2.40 bits per heavy atom. The van der Waals surface area contributed by atoms with Gasteiger partial charge >= 0.3 is 12.1 Å². The van der Waals surface area contributed by atoms with Crippen LogP contribution in [0.2, 0.25) is 0 Å². The number of imide groups is 1. The average Bonchev–Trinajstić information content (AvgIpc) is 2.93. The van der Waals surface area contributed by atoms with Crippen LogP contribution in [-0.2, 0) is 17.5 Å². The van der Waals surface area contributed by atoms with E-state index in [9.17, 15) is 27.6 Å². The molecule has 0 N–H and O–H groups in total. The Morgan fingerprint density at radius 1 is 1.03 bits per heavy atom. The van der Waals surface area contributed by atoms with E-state index >= 15 is 0 Å². The number of esters is 1. The summed E-state index contributed by atoms with van der Waals surface area (Å²) in [5.74, 6) is -1.35. The van der Waals surface area contributed by atoms with Crippen LogP contribution in [0.4, 0.5) is 13.2 Å². The number of amides is 2. The Kier molecular flexibility index (Phi) is 5.96. The lowest BCUT2D eigenvalue weighted by molar-refractivity contribution is -0.137. The van der Waals surface area contributed by atoms with Gasteiger partial charge in [-0.25, -0.2) is 4.79 Å². The van der Waals surface area contributed by atoms with E-state index in [4.69, 9.17) is 4.74 Å². The molecule has 0 atom stereocenters. The van der Waals surface area contributed by atoms with Crippen LogP contribution in [-0.4, -0.2) is 29.2 Å². The van der Waals surface area contributed by atoms with E-state index in [2.05, 4.69) is 0 Å². The van der Waals surface area contributed by atoms with E-state index in [1.54, 1.807) is 0 Å². The molecule has 0 saturated carbocycles. The van der Waals surface area contributed by atoms with Gasteiger partial charge in [-0.15, -0.1) is 0 Å². The maximum Gasteiger partial charge on any atom is 0.416 e. The van der Waals surface area contributed by atoms with Crippen LogP contribution in [0.5, 0.6) is 0 Å². The lowest BCUT2D eigenvalue weighted by Crippen LogP contribution is -2.31. The highest BCUT2D eigenvalue weighted by Crippen LogP contribution is 2.30. The van der Waals surface area contributed by atoms with Crippen molar-refractivity contribution in [3.63, 3.8) is 0 Å². The predicted octanol–water partition coefficient (Wildman–Crippen LogP) is 4.70. The number of rotatable bonds is 6. The van der Waals surface area contributed by atoms with Gasteiger partial charge in [0.2, 0.25) is 0 Å². The van der Waals surface area contributed by atoms with Gasteiger partial charge < -0.3 is 4.74 Å². The number of halogens is 3. The number of carbonyl (C=O) groups excluding carboxylic acids is 3. The van der Waals surface area contributed by atoms with E-state index in [0.717, 1.165) is 17.0 Å². The molecule has 1 heterocycles. The third-order valence-electron chi connectivity index (χ3n) is 4.76.